The molecule has 0 aliphatic carbocycles. The molecule has 14 heterocycles. The van der Waals surface area contributed by atoms with Crippen molar-refractivity contribution in [2.45, 2.75) is 205 Å². The third-order valence-electron chi connectivity index (χ3n) is 26.0. The molecule has 0 fully saturated rings. The molecular weight excluding hydrogens is 1240 g/mol. The van der Waals surface area contributed by atoms with Gasteiger partial charge in [-0.1, -0.05) is 111 Å². The quantitative estimate of drug-likeness (QED) is 0.150. The molecule has 10 aromatic rings. The lowest BCUT2D eigenvalue weighted by Crippen LogP contribution is -2.44. The molecule has 100 heavy (non-hydrogen) atoms. The number of rotatable bonds is 5. The molecule has 4 aromatic carbocycles. The van der Waals surface area contributed by atoms with Gasteiger partial charge in [0.2, 0.25) is 0 Å². The molecule has 0 spiro atoms. The highest BCUT2D eigenvalue weighted by molar-refractivity contribution is 5.98. The smallest absolute Gasteiger partial charge is 0.345 e. The number of hydrogen-bond donors (Lipinski definition) is 0. The van der Waals surface area contributed by atoms with E-state index >= 15 is 19.2 Å². The maximum atomic E-state index is 15.4. The van der Waals surface area contributed by atoms with Gasteiger partial charge in [-0.2, -0.15) is 0 Å². The molecule has 14 heteroatoms. The van der Waals surface area contributed by atoms with Gasteiger partial charge in [0.15, 0.2) is 0 Å². The zero-order valence-electron chi connectivity index (χ0n) is 61.2. The monoisotopic (exact) mass is 1340 g/mol. The van der Waals surface area contributed by atoms with E-state index in [0.717, 1.165) is 148 Å². The van der Waals surface area contributed by atoms with Gasteiger partial charge in [-0.3, -0.25) is 0 Å². The van der Waals surface area contributed by atoms with Crippen LogP contribution in [0.25, 0.3) is 100 Å². The highest BCUT2D eigenvalue weighted by Gasteiger charge is 2.47. The van der Waals surface area contributed by atoms with Gasteiger partial charge in [0.25, 0.3) is 0 Å². The van der Waals surface area contributed by atoms with Crippen molar-refractivity contribution < 1.29 is 17.7 Å². The van der Waals surface area contributed by atoms with Gasteiger partial charge < -0.3 is 37.3 Å². The third-order valence-corrected chi connectivity index (χ3v) is 26.0. The highest BCUT2D eigenvalue weighted by atomic mass is 16.4. The SMILES string of the molecule is CC1(C)CCN2CCC(C)(C)c3c2c1cc1cc(-c2cc(-c4cc(-c5cc6cc7c8c(c6oc5=O)C(C)(C)CCN8CCC7(C)C)nc(-c5cc6cc7c8c(c6oc5=O)C(C)(C)CCN8CCC7(C)C)c4)cc(-c4cc5cc6c7c(c5oc4=O)C(C)(C)CCN7CCC6(C)C)n2)c(=O)oc31. The Morgan fingerprint density at radius 2 is 0.460 bits per heavy atom. The Kier molecular flexibility index (Phi) is 13.0. The van der Waals surface area contributed by atoms with Crippen LogP contribution < -0.4 is 42.1 Å². The largest absolute Gasteiger partial charge is 0.422 e. The molecule has 6 aromatic heterocycles. The first-order valence-electron chi connectivity index (χ1n) is 36.8. The lowest BCUT2D eigenvalue weighted by Gasteiger charge is -2.48. The molecule has 0 unspecified atom stereocenters. The molecule has 0 atom stereocenters. The van der Waals surface area contributed by atoms with Gasteiger partial charge in [-0.25, -0.2) is 29.1 Å². The van der Waals surface area contributed by atoms with Crippen molar-refractivity contribution >= 4 is 66.6 Å². The summed E-state index contributed by atoms with van der Waals surface area (Å²) in [5.41, 5.74) is 14.8. The van der Waals surface area contributed by atoms with Crippen molar-refractivity contribution in [3.8, 4) is 56.2 Å². The zero-order valence-corrected chi connectivity index (χ0v) is 61.2. The van der Waals surface area contributed by atoms with Crippen molar-refractivity contribution in [1.29, 1.82) is 0 Å². The summed E-state index contributed by atoms with van der Waals surface area (Å²) in [4.78, 5) is 82.4. The second-order valence-electron chi connectivity index (χ2n) is 36.3. The van der Waals surface area contributed by atoms with E-state index in [4.69, 9.17) is 27.6 Å². The highest BCUT2D eigenvalue weighted by Crippen LogP contribution is 2.57. The van der Waals surface area contributed by atoms with Crippen LogP contribution in [0.5, 0.6) is 0 Å². The van der Waals surface area contributed by atoms with E-state index in [2.05, 4.69) is 155 Å². The number of benzene rings is 4. The normalized spacial score (nSPS) is 21.1. The van der Waals surface area contributed by atoms with E-state index < -0.39 is 22.5 Å². The molecule has 0 radical (unpaired) electrons. The fourth-order valence-corrected chi connectivity index (χ4v) is 19.3. The average Bonchev–Trinajstić information content (AvgIpc) is 0.729. The molecule has 0 amide bonds. The van der Waals surface area contributed by atoms with Gasteiger partial charge >= 0.3 is 22.5 Å². The molecule has 18 rings (SSSR count). The standard InChI is InChI=1S/C86H92N6O8/c1-79(2)17-25-89-29-21-83(9,10)63-67(89)55(79)37-47-33-51(75(93)97-71(47)63)59-41-45(42-60(87-59)52-34-48-38-56-68-64(72(48)98-76(52)94)84(11,12)22-30-90(68)26-18-80(56,3)4)46-43-61(53-35-49-39-57-69-65(73(49)99-77(53)95)85(13,14)23-31-91(69)27-19-81(57,5)6)88-62(44-46)54-36-50-40-58-70-66(74(50)100-78(54)96)86(15,16)24-32-92(70)28-20-82(58,7)8/h33-44H,17-32H2,1-16H3. The molecule has 0 bridgehead atoms. The van der Waals surface area contributed by atoms with E-state index in [0.29, 0.717) is 33.5 Å². The van der Waals surface area contributed by atoms with Crippen molar-refractivity contribution in [2.24, 2.45) is 0 Å². The summed E-state index contributed by atoms with van der Waals surface area (Å²) < 4.78 is 26.9. The van der Waals surface area contributed by atoms with E-state index in [1.807, 2.05) is 48.5 Å². The number of aromatic nitrogens is 2. The summed E-state index contributed by atoms with van der Waals surface area (Å²) in [6.45, 7) is 43.8. The zero-order chi connectivity index (χ0) is 70.0. The summed E-state index contributed by atoms with van der Waals surface area (Å²) in [6, 6.07) is 24.0. The number of hydrogen-bond acceptors (Lipinski definition) is 14. The Bertz CT molecular complexity index is 4920. The fraction of sp³-hybridized carbons (Fsp3) is 0.465. The maximum Gasteiger partial charge on any atom is 0.345 e. The Morgan fingerprint density at radius 3 is 0.660 bits per heavy atom. The van der Waals surface area contributed by atoms with Crippen molar-refractivity contribution in [3.05, 3.63) is 159 Å². The molecule has 8 aliphatic heterocycles. The van der Waals surface area contributed by atoms with Gasteiger partial charge in [-0.05, 0) is 201 Å². The lowest BCUT2D eigenvalue weighted by atomic mass is 9.69. The van der Waals surface area contributed by atoms with Crippen LogP contribution in [0, 0.1) is 0 Å². The van der Waals surface area contributed by atoms with Crippen LogP contribution in [0.1, 0.15) is 207 Å². The van der Waals surface area contributed by atoms with Crippen LogP contribution in [0.3, 0.4) is 0 Å². The Morgan fingerprint density at radius 1 is 0.270 bits per heavy atom. The Balaban J connectivity index is 0.917. The predicted octanol–water partition coefficient (Wildman–Crippen LogP) is 17.9. The minimum absolute atomic E-state index is 0.163. The van der Waals surface area contributed by atoms with Gasteiger partial charge in [0.05, 0.1) is 45.0 Å². The molecule has 0 N–H and O–H groups in total. The van der Waals surface area contributed by atoms with E-state index in [-0.39, 0.29) is 88.3 Å². The fourth-order valence-electron chi connectivity index (χ4n) is 19.3. The van der Waals surface area contributed by atoms with Gasteiger partial charge in [0.1, 0.15) is 22.3 Å². The van der Waals surface area contributed by atoms with Crippen LogP contribution >= 0.6 is 0 Å². The van der Waals surface area contributed by atoms with E-state index in [1.165, 1.54) is 45.0 Å². The van der Waals surface area contributed by atoms with Crippen LogP contribution in [-0.2, 0) is 43.3 Å². The average molecular weight is 1340 g/mol. The third kappa shape index (κ3) is 9.17. The maximum absolute atomic E-state index is 15.4. The van der Waals surface area contributed by atoms with Gasteiger partial charge in [-0.15, -0.1) is 0 Å². The van der Waals surface area contributed by atoms with Crippen LogP contribution in [0.2, 0.25) is 0 Å². The van der Waals surface area contributed by atoms with Crippen LogP contribution in [-0.4, -0.2) is 62.3 Å². The molecule has 0 saturated heterocycles. The first kappa shape index (κ1) is 63.4. The van der Waals surface area contributed by atoms with Gasteiger partial charge in [0, 0.05) is 119 Å². The lowest BCUT2D eigenvalue weighted by molar-refractivity contribution is 0.398. The number of pyridine rings is 2. The van der Waals surface area contributed by atoms with Crippen LogP contribution in [0.15, 0.2) is 110 Å². The summed E-state index contributed by atoms with van der Waals surface area (Å²) in [7, 11) is 0. The second-order valence-corrected chi connectivity index (χ2v) is 36.3. The second kappa shape index (κ2) is 20.5. The van der Waals surface area contributed by atoms with Crippen molar-refractivity contribution in [2.75, 3.05) is 72.0 Å². The van der Waals surface area contributed by atoms with Crippen molar-refractivity contribution in [3.63, 3.8) is 0 Å². The Hall–Kier alpha value is -8.78. The molecule has 514 valence electrons. The Labute approximate surface area is 583 Å². The molecule has 0 saturated carbocycles. The first-order valence-corrected chi connectivity index (χ1v) is 36.8. The predicted molar refractivity (Wildman–Crippen MR) is 403 cm³/mol. The molecule has 8 aliphatic rings. The minimum atomic E-state index is -0.572. The number of nitrogens with zero attached hydrogens (tertiary/aromatic N) is 6. The summed E-state index contributed by atoms with van der Waals surface area (Å²) in [6.07, 6.45) is 7.50. The summed E-state index contributed by atoms with van der Waals surface area (Å²) in [5, 5.41) is 3.15. The minimum Gasteiger partial charge on any atom is -0.422 e. The molecular formula is C86H92N6O8. The van der Waals surface area contributed by atoms with E-state index in [9.17, 15) is 0 Å². The molecule has 14 nitrogen and oxygen atoms in total. The summed E-state index contributed by atoms with van der Waals surface area (Å²) in [5.74, 6) is 0. The van der Waals surface area contributed by atoms with E-state index in [1.54, 1.807) is 0 Å². The first-order chi connectivity index (χ1) is 47.1. The number of fused-ring (bicyclic) bond motifs is 8. The van der Waals surface area contributed by atoms with Crippen LogP contribution in [0.4, 0.5) is 22.7 Å². The van der Waals surface area contributed by atoms with Crippen molar-refractivity contribution in [1.82, 2.24) is 9.97 Å². The topological polar surface area (TPSA) is 160 Å². The number of anilines is 4. The summed E-state index contributed by atoms with van der Waals surface area (Å²) >= 11 is 0.